The van der Waals surface area contributed by atoms with Gasteiger partial charge >= 0.3 is 0 Å². The van der Waals surface area contributed by atoms with E-state index in [1.165, 1.54) is 17.4 Å². The van der Waals surface area contributed by atoms with E-state index in [0.29, 0.717) is 27.2 Å². The first-order valence-corrected chi connectivity index (χ1v) is 13.7. The summed E-state index contributed by atoms with van der Waals surface area (Å²) in [7, 11) is 0. The number of hydrogen-bond acceptors (Lipinski definition) is 5. The summed E-state index contributed by atoms with van der Waals surface area (Å²) in [6, 6.07) is 32.5. The molecule has 0 unspecified atom stereocenters. The van der Waals surface area contributed by atoms with Crippen molar-refractivity contribution in [1.82, 2.24) is 15.0 Å². The molecule has 0 saturated heterocycles. The molecule has 0 bridgehead atoms. The molecule has 4 nitrogen and oxygen atoms in total. The van der Waals surface area contributed by atoms with E-state index in [1.807, 2.05) is 87.5 Å². The third kappa shape index (κ3) is 6.46. The molecule has 2 aromatic carbocycles. The van der Waals surface area contributed by atoms with Crippen LogP contribution in [0.15, 0.2) is 95.5 Å². The summed E-state index contributed by atoms with van der Waals surface area (Å²) in [5.74, 6) is 0. The van der Waals surface area contributed by atoms with Gasteiger partial charge in [-0.25, -0.2) is 4.98 Å². The Balaban J connectivity index is 0.000000269. The molecule has 0 fully saturated rings. The number of fused-ring (bicyclic) bond motifs is 4. The Hall–Kier alpha value is -3.70. The minimum absolute atomic E-state index is 0. The number of aromatic nitrogens is 3. The van der Waals surface area contributed by atoms with Crippen molar-refractivity contribution in [3.8, 4) is 22.5 Å². The topological polar surface area (TPSA) is 51.8 Å². The van der Waals surface area contributed by atoms with Gasteiger partial charge in [0.25, 0.3) is 0 Å². The Morgan fingerprint density at radius 1 is 0.902 bits per heavy atom. The minimum atomic E-state index is -2.32. The summed E-state index contributed by atoms with van der Waals surface area (Å²) in [5, 5.41) is 1.53. The fraction of sp³-hybridized carbons (Fsp3) is 0.171. The van der Waals surface area contributed by atoms with Gasteiger partial charge in [0, 0.05) is 49.1 Å². The first-order valence-electron chi connectivity index (χ1n) is 15.4. The standard InChI is InChI=1S/C24H21N2OS.C11H8N.Ir/c1-14-8-9-17-16-6-5-7-18(22(16)27-23(17)25-14)19-10-11-21-20(26-19)12-15(28-21)13-24(2,3)4;1-2-6-10(7-3-1)11-8-4-5-9-12-11;/h5-6,8-12H,13H2,1-4H3;1-6,8-9H;/q2*-1;/i1D3,13D2;;. The molecule has 6 heteroatoms. The largest absolute Gasteiger partial charge is 0.486 e. The van der Waals surface area contributed by atoms with E-state index in [1.54, 1.807) is 18.3 Å². The number of furan rings is 1. The number of nitrogens with zero attached hydrogens (tertiary/aromatic N) is 3. The minimum Gasteiger partial charge on any atom is -0.486 e. The van der Waals surface area contributed by atoms with Crippen molar-refractivity contribution in [3.63, 3.8) is 0 Å². The second kappa shape index (κ2) is 12.0. The van der Waals surface area contributed by atoms with E-state index in [-0.39, 0.29) is 31.5 Å². The zero-order valence-corrected chi connectivity index (χ0v) is 25.9. The van der Waals surface area contributed by atoms with Gasteiger partial charge in [0.1, 0.15) is 0 Å². The molecule has 1 radical (unpaired) electrons. The molecule has 0 aliphatic carbocycles. The summed E-state index contributed by atoms with van der Waals surface area (Å²) in [5.41, 5.74) is 4.24. The van der Waals surface area contributed by atoms with Crippen molar-refractivity contribution >= 4 is 43.6 Å². The van der Waals surface area contributed by atoms with Crippen LogP contribution in [-0.4, -0.2) is 15.0 Å². The Morgan fingerprint density at radius 3 is 2.54 bits per heavy atom. The summed E-state index contributed by atoms with van der Waals surface area (Å²) in [6.45, 7) is 3.35. The maximum Gasteiger partial charge on any atom is 0.216 e. The zero-order valence-electron chi connectivity index (χ0n) is 27.7. The van der Waals surface area contributed by atoms with Gasteiger partial charge in [0.15, 0.2) is 0 Å². The SMILES string of the molecule is [2H]C([2H])([2H])c1ccc2c(n1)oc1c(-c3ccc4sc(C([2H])([2H])C(C)(C)C)cc4n3)[c-]ccc12.[Ir].[c-]1ccccc1-c1ccccn1. The fourth-order valence-electron chi connectivity index (χ4n) is 4.38. The van der Waals surface area contributed by atoms with Crippen molar-refractivity contribution in [3.05, 3.63) is 114 Å². The molecule has 0 atom stereocenters. The molecule has 0 aliphatic heterocycles. The Labute approximate surface area is 264 Å². The van der Waals surface area contributed by atoms with Crippen LogP contribution in [0.4, 0.5) is 0 Å². The van der Waals surface area contributed by atoms with Gasteiger partial charge in [0.2, 0.25) is 5.71 Å². The van der Waals surface area contributed by atoms with Gasteiger partial charge in [-0.3, -0.25) is 4.98 Å². The molecule has 41 heavy (non-hydrogen) atoms. The van der Waals surface area contributed by atoms with E-state index in [4.69, 9.17) is 16.3 Å². The Morgan fingerprint density at radius 2 is 1.78 bits per heavy atom. The van der Waals surface area contributed by atoms with Crippen LogP contribution >= 0.6 is 11.3 Å². The number of pyridine rings is 3. The maximum absolute atomic E-state index is 8.58. The molecule has 207 valence electrons. The van der Waals surface area contributed by atoms with Crippen molar-refractivity contribution < 1.29 is 31.4 Å². The molecule has 0 N–H and O–H groups in total. The molecule has 7 rings (SSSR count). The molecule has 5 heterocycles. The molecule has 5 aromatic heterocycles. The monoisotopic (exact) mass is 737 g/mol. The van der Waals surface area contributed by atoms with Crippen molar-refractivity contribution in [2.45, 2.75) is 34.0 Å². The van der Waals surface area contributed by atoms with Crippen molar-refractivity contribution in [1.29, 1.82) is 0 Å². The average molecular weight is 737 g/mol. The second-order valence-electron chi connectivity index (χ2n) is 10.3. The molecule has 0 spiro atoms. The molecule has 0 saturated carbocycles. The van der Waals surface area contributed by atoms with Crippen LogP contribution < -0.4 is 0 Å². The van der Waals surface area contributed by atoms with Crippen molar-refractivity contribution in [2.24, 2.45) is 5.41 Å². The first kappa shape index (κ1) is 22.9. The number of aryl methyl sites for hydroxylation is 1. The van der Waals surface area contributed by atoms with E-state index in [0.717, 1.165) is 26.7 Å². The van der Waals surface area contributed by atoms with Crippen LogP contribution in [0.1, 0.15) is 38.2 Å². The van der Waals surface area contributed by atoms with Gasteiger partial charge in [-0.15, -0.1) is 65.4 Å². The normalized spacial score (nSPS) is 13.8. The van der Waals surface area contributed by atoms with Gasteiger partial charge in [-0.05, 0) is 60.4 Å². The van der Waals surface area contributed by atoms with E-state index < -0.39 is 18.6 Å². The first-order chi connectivity index (χ1) is 21.3. The van der Waals surface area contributed by atoms with E-state index in [2.05, 4.69) is 22.1 Å². The molecule has 0 amide bonds. The third-order valence-electron chi connectivity index (χ3n) is 6.08. The third-order valence-corrected chi connectivity index (χ3v) is 7.08. The maximum atomic E-state index is 8.58. The Bertz CT molecular complexity index is 2080. The summed E-state index contributed by atoms with van der Waals surface area (Å²) in [4.78, 5) is 13.9. The molecular weight excluding hydrogens is 703 g/mol. The van der Waals surface area contributed by atoms with Gasteiger partial charge in [0.05, 0.1) is 15.8 Å². The molecule has 0 aliphatic rings. The number of rotatable bonds is 3. The molecule has 7 aromatic rings. The summed E-state index contributed by atoms with van der Waals surface area (Å²) >= 11 is 1.41. The van der Waals surface area contributed by atoms with Gasteiger partial charge in [-0.2, -0.15) is 0 Å². The van der Waals surface area contributed by atoms with Crippen LogP contribution in [0.5, 0.6) is 0 Å². The number of thiophene rings is 1. The van der Waals surface area contributed by atoms with Crippen molar-refractivity contribution in [2.75, 3.05) is 0 Å². The van der Waals surface area contributed by atoms with Gasteiger partial charge in [-0.1, -0.05) is 49.9 Å². The Kier molecular flexibility index (Phi) is 6.73. The fourth-order valence-corrected chi connectivity index (χ4v) is 5.49. The number of hydrogen-bond donors (Lipinski definition) is 0. The average Bonchev–Trinajstić information content (AvgIpc) is 3.63. The van der Waals surface area contributed by atoms with Gasteiger partial charge < -0.3 is 9.40 Å². The smallest absolute Gasteiger partial charge is 0.216 e. The second-order valence-corrected chi connectivity index (χ2v) is 11.4. The molecular formula is C35H29IrN3OS-2. The van der Waals surface area contributed by atoms with Crippen LogP contribution in [-0.2, 0) is 26.5 Å². The zero-order chi connectivity index (χ0) is 32.0. The van der Waals surface area contributed by atoms with Crippen LogP contribution in [0.2, 0.25) is 0 Å². The van der Waals surface area contributed by atoms with E-state index >= 15 is 0 Å². The quantitative estimate of drug-likeness (QED) is 0.170. The summed E-state index contributed by atoms with van der Waals surface area (Å²) in [6.07, 6.45) is 0.297. The summed E-state index contributed by atoms with van der Waals surface area (Å²) < 4.78 is 46.9. The predicted octanol–water partition coefficient (Wildman–Crippen LogP) is 9.50. The van der Waals surface area contributed by atoms with E-state index in [9.17, 15) is 0 Å². The number of benzene rings is 2. The predicted molar refractivity (Wildman–Crippen MR) is 165 cm³/mol. The van der Waals surface area contributed by atoms with Crippen LogP contribution in [0, 0.1) is 24.4 Å². The van der Waals surface area contributed by atoms with Crippen LogP contribution in [0.3, 0.4) is 0 Å². The van der Waals surface area contributed by atoms with Crippen LogP contribution in [0.25, 0.3) is 54.8 Å².